The molecule has 20 heavy (non-hydrogen) atoms. The highest BCUT2D eigenvalue weighted by Crippen LogP contribution is 2.33. The summed E-state index contributed by atoms with van der Waals surface area (Å²) in [5.41, 5.74) is 2.30. The van der Waals surface area contributed by atoms with E-state index in [4.69, 9.17) is 0 Å². The second-order valence-electron chi connectivity index (χ2n) is 5.41. The minimum Gasteiger partial charge on any atom is -0.384 e. The van der Waals surface area contributed by atoms with Gasteiger partial charge in [-0.1, -0.05) is 18.2 Å². The molecule has 1 aromatic rings. The van der Waals surface area contributed by atoms with Crippen molar-refractivity contribution >= 4 is 17.5 Å². The smallest absolute Gasteiger partial charge is 0.241 e. The molecule has 5 nitrogen and oxygen atoms in total. The first-order valence-electron chi connectivity index (χ1n) is 6.76. The molecule has 0 fully saturated rings. The van der Waals surface area contributed by atoms with E-state index in [1.54, 1.807) is 21.1 Å². The number of nitrogens with zero attached hydrogens (tertiary/aromatic N) is 2. The number of carbonyl (C=O) groups is 2. The Morgan fingerprint density at radius 3 is 2.60 bits per heavy atom. The largest absolute Gasteiger partial charge is 0.384 e. The maximum atomic E-state index is 12.2. The third-order valence-electron chi connectivity index (χ3n) is 3.66. The van der Waals surface area contributed by atoms with Gasteiger partial charge in [-0.05, 0) is 11.6 Å². The minimum absolute atomic E-state index is 0.00343. The van der Waals surface area contributed by atoms with Crippen LogP contribution in [0.15, 0.2) is 24.3 Å². The predicted octanol–water partition coefficient (Wildman–Crippen LogP) is 1.13. The topological polar surface area (TPSA) is 52.7 Å². The lowest BCUT2D eigenvalue weighted by Gasteiger charge is -2.20. The number of anilines is 1. The van der Waals surface area contributed by atoms with E-state index in [1.165, 1.54) is 15.4 Å². The van der Waals surface area contributed by atoms with Gasteiger partial charge in [0.15, 0.2) is 0 Å². The van der Waals surface area contributed by atoms with Crippen LogP contribution in [0.4, 0.5) is 5.69 Å². The van der Waals surface area contributed by atoms with E-state index >= 15 is 0 Å². The normalized spacial score (nSPS) is 16.2. The Kier molecular flexibility index (Phi) is 4.27. The van der Waals surface area contributed by atoms with E-state index in [2.05, 4.69) is 11.4 Å². The van der Waals surface area contributed by atoms with Gasteiger partial charge in [-0.15, -0.1) is 0 Å². The monoisotopic (exact) mass is 275 g/mol. The Bertz CT molecular complexity index is 514. The van der Waals surface area contributed by atoms with Crippen molar-refractivity contribution in [2.75, 3.05) is 39.5 Å². The first kappa shape index (κ1) is 14.4. The molecular formula is C15H21N3O2. The molecule has 0 aliphatic carbocycles. The number of nitrogens with one attached hydrogen (secondary N) is 1. The van der Waals surface area contributed by atoms with Crippen molar-refractivity contribution in [1.29, 1.82) is 0 Å². The van der Waals surface area contributed by atoms with Crippen molar-refractivity contribution in [3.63, 3.8) is 0 Å². The molecule has 1 aromatic carbocycles. The second-order valence-corrected chi connectivity index (χ2v) is 5.41. The third-order valence-corrected chi connectivity index (χ3v) is 3.66. The van der Waals surface area contributed by atoms with Crippen molar-refractivity contribution < 1.29 is 9.59 Å². The SMILES string of the molecule is CN(C)C(=O)CN(C)C(=O)CC1CNc2ccccc21. The van der Waals surface area contributed by atoms with Crippen LogP contribution in [0.3, 0.4) is 0 Å². The lowest BCUT2D eigenvalue weighted by Crippen LogP contribution is -2.38. The molecule has 1 aliphatic rings. The zero-order valence-corrected chi connectivity index (χ0v) is 12.2. The first-order chi connectivity index (χ1) is 9.49. The van der Waals surface area contributed by atoms with E-state index in [0.717, 1.165) is 12.2 Å². The molecule has 0 saturated carbocycles. The Hall–Kier alpha value is -2.04. The number of amides is 2. The fourth-order valence-electron chi connectivity index (χ4n) is 2.34. The van der Waals surface area contributed by atoms with Crippen molar-refractivity contribution in [2.45, 2.75) is 12.3 Å². The number of hydrogen-bond donors (Lipinski definition) is 1. The zero-order valence-electron chi connectivity index (χ0n) is 12.2. The molecule has 0 spiro atoms. The van der Waals surface area contributed by atoms with Crippen molar-refractivity contribution in [3.05, 3.63) is 29.8 Å². The van der Waals surface area contributed by atoms with E-state index in [9.17, 15) is 9.59 Å². The summed E-state index contributed by atoms with van der Waals surface area (Å²) < 4.78 is 0. The lowest BCUT2D eigenvalue weighted by molar-refractivity contribution is -0.138. The fraction of sp³-hybridized carbons (Fsp3) is 0.467. The van der Waals surface area contributed by atoms with Crippen LogP contribution in [0, 0.1) is 0 Å². The van der Waals surface area contributed by atoms with E-state index in [-0.39, 0.29) is 24.3 Å². The summed E-state index contributed by atoms with van der Waals surface area (Å²) in [6.45, 7) is 0.911. The standard InChI is InChI=1S/C15H21N3O2/c1-17(2)15(20)10-18(3)14(19)8-11-9-16-13-7-5-4-6-12(11)13/h4-7,11,16H,8-10H2,1-3H3. The number of carbonyl (C=O) groups excluding carboxylic acids is 2. The molecule has 2 rings (SSSR count). The van der Waals surface area contributed by atoms with Crippen LogP contribution >= 0.6 is 0 Å². The summed E-state index contributed by atoms with van der Waals surface area (Å²) in [5.74, 6) is 0.130. The molecule has 0 aromatic heterocycles. The molecule has 2 amide bonds. The third kappa shape index (κ3) is 3.10. The van der Waals surface area contributed by atoms with Gasteiger partial charge < -0.3 is 15.1 Å². The van der Waals surface area contributed by atoms with E-state index in [1.807, 2.05) is 18.2 Å². The number of rotatable bonds is 4. The van der Waals surface area contributed by atoms with Crippen molar-refractivity contribution in [1.82, 2.24) is 9.80 Å². The van der Waals surface area contributed by atoms with Gasteiger partial charge in [0.2, 0.25) is 11.8 Å². The number of likely N-dealkylation sites (N-methyl/N-ethyl adjacent to an activating group) is 2. The molecule has 108 valence electrons. The average molecular weight is 275 g/mol. The molecule has 1 heterocycles. The Morgan fingerprint density at radius 1 is 1.20 bits per heavy atom. The van der Waals surface area contributed by atoms with Gasteiger partial charge in [0.05, 0.1) is 6.54 Å². The van der Waals surface area contributed by atoms with Crippen LogP contribution in [0.25, 0.3) is 0 Å². The molecule has 0 radical (unpaired) electrons. The minimum atomic E-state index is -0.0641. The summed E-state index contributed by atoms with van der Waals surface area (Å²) in [6.07, 6.45) is 0.432. The van der Waals surface area contributed by atoms with Gasteiger partial charge in [0, 0.05) is 45.7 Å². The molecule has 1 atom stereocenters. The summed E-state index contributed by atoms with van der Waals surface area (Å²) in [5, 5.41) is 3.31. The predicted molar refractivity (Wildman–Crippen MR) is 78.6 cm³/mol. The fourth-order valence-corrected chi connectivity index (χ4v) is 2.34. The van der Waals surface area contributed by atoms with Crippen LogP contribution in [-0.4, -0.2) is 55.8 Å². The molecule has 0 saturated heterocycles. The quantitative estimate of drug-likeness (QED) is 0.896. The number of fused-ring (bicyclic) bond motifs is 1. The van der Waals surface area contributed by atoms with E-state index in [0.29, 0.717) is 6.42 Å². The summed E-state index contributed by atoms with van der Waals surface area (Å²) >= 11 is 0. The van der Waals surface area contributed by atoms with Crippen LogP contribution in [0.2, 0.25) is 0 Å². The average Bonchev–Trinajstić information content (AvgIpc) is 2.82. The van der Waals surface area contributed by atoms with Gasteiger partial charge in [-0.25, -0.2) is 0 Å². The number of hydrogen-bond acceptors (Lipinski definition) is 3. The van der Waals surface area contributed by atoms with Gasteiger partial charge in [0.1, 0.15) is 0 Å². The lowest BCUT2D eigenvalue weighted by atomic mass is 9.97. The van der Waals surface area contributed by atoms with Crippen LogP contribution < -0.4 is 5.32 Å². The Balaban J connectivity index is 1.94. The van der Waals surface area contributed by atoms with Crippen LogP contribution in [0.5, 0.6) is 0 Å². The van der Waals surface area contributed by atoms with Crippen molar-refractivity contribution in [2.24, 2.45) is 0 Å². The van der Waals surface area contributed by atoms with Crippen molar-refractivity contribution in [3.8, 4) is 0 Å². The van der Waals surface area contributed by atoms with Gasteiger partial charge in [-0.2, -0.15) is 0 Å². The molecule has 1 aliphatic heterocycles. The molecule has 5 heteroatoms. The maximum absolute atomic E-state index is 12.2. The highest BCUT2D eigenvalue weighted by molar-refractivity contribution is 5.85. The maximum Gasteiger partial charge on any atom is 0.241 e. The van der Waals surface area contributed by atoms with Gasteiger partial charge >= 0.3 is 0 Å². The first-order valence-corrected chi connectivity index (χ1v) is 6.76. The van der Waals surface area contributed by atoms with Gasteiger partial charge in [-0.3, -0.25) is 9.59 Å². The molecular weight excluding hydrogens is 254 g/mol. The Morgan fingerprint density at radius 2 is 1.90 bits per heavy atom. The van der Waals surface area contributed by atoms with Crippen LogP contribution in [0.1, 0.15) is 17.9 Å². The van der Waals surface area contributed by atoms with E-state index < -0.39 is 0 Å². The summed E-state index contributed by atoms with van der Waals surface area (Å²) in [6, 6.07) is 8.05. The Labute approximate surface area is 119 Å². The molecule has 0 bridgehead atoms. The second kappa shape index (κ2) is 5.94. The highest BCUT2D eigenvalue weighted by atomic mass is 16.2. The summed E-state index contributed by atoms with van der Waals surface area (Å²) in [4.78, 5) is 26.8. The molecule has 1 N–H and O–H groups in total. The highest BCUT2D eigenvalue weighted by Gasteiger charge is 2.25. The zero-order chi connectivity index (χ0) is 14.7. The van der Waals surface area contributed by atoms with Gasteiger partial charge in [0.25, 0.3) is 0 Å². The number of para-hydroxylation sites is 1. The molecule has 1 unspecified atom stereocenters. The number of benzene rings is 1. The summed E-state index contributed by atoms with van der Waals surface area (Å²) in [7, 11) is 5.06. The van der Waals surface area contributed by atoms with Crippen LogP contribution in [-0.2, 0) is 9.59 Å².